The maximum atomic E-state index is 12.6. The molecule has 0 bridgehead atoms. The zero-order chi connectivity index (χ0) is 22.4. The lowest BCUT2D eigenvalue weighted by atomic mass is 9.78. The van der Waals surface area contributed by atoms with Gasteiger partial charge in [-0.3, -0.25) is 9.78 Å². The van der Waals surface area contributed by atoms with Crippen molar-refractivity contribution in [3.05, 3.63) is 89.3 Å². The van der Waals surface area contributed by atoms with Crippen molar-refractivity contribution in [1.29, 1.82) is 0 Å². The Bertz CT molecular complexity index is 1230. The van der Waals surface area contributed by atoms with E-state index in [1.165, 1.54) is 0 Å². The second-order valence-corrected chi connectivity index (χ2v) is 9.26. The van der Waals surface area contributed by atoms with E-state index in [1.54, 1.807) is 12.4 Å². The van der Waals surface area contributed by atoms with Crippen molar-refractivity contribution in [2.45, 2.75) is 19.4 Å². The summed E-state index contributed by atoms with van der Waals surface area (Å²) in [5, 5.41) is 2.96. The number of fused-ring (bicyclic) bond motifs is 1. The summed E-state index contributed by atoms with van der Waals surface area (Å²) in [6.07, 6.45) is 8.38. The Balaban J connectivity index is 1.16. The number of allylic oxidation sites excluding steroid dienone is 1. The zero-order valence-electron chi connectivity index (χ0n) is 18.5. The predicted molar refractivity (Wildman–Crippen MR) is 125 cm³/mol. The van der Waals surface area contributed by atoms with Gasteiger partial charge in [-0.05, 0) is 24.1 Å². The first-order chi connectivity index (χ1) is 16.1. The van der Waals surface area contributed by atoms with E-state index in [1.807, 2.05) is 43.5 Å². The van der Waals surface area contributed by atoms with Crippen molar-refractivity contribution in [1.82, 2.24) is 20.3 Å². The number of nitrogens with one attached hydrogen (secondary N) is 1. The van der Waals surface area contributed by atoms with Gasteiger partial charge in [-0.2, -0.15) is 0 Å². The molecule has 1 aromatic carbocycles. The molecule has 2 aliphatic heterocycles. The first kappa shape index (κ1) is 20.1. The van der Waals surface area contributed by atoms with Gasteiger partial charge >= 0.3 is 0 Å². The minimum Gasteiger partial charge on any atom is -0.380 e. The number of ether oxygens (including phenoxy) is 1. The Labute approximate surface area is 192 Å². The normalized spacial score (nSPS) is 18.7. The second-order valence-electron chi connectivity index (χ2n) is 9.26. The van der Waals surface area contributed by atoms with Crippen molar-refractivity contribution >= 4 is 17.2 Å². The Kier molecular flexibility index (Phi) is 4.73. The van der Waals surface area contributed by atoms with Crippen LogP contribution in [0.5, 0.6) is 0 Å². The summed E-state index contributed by atoms with van der Waals surface area (Å²) in [6, 6.07) is 11.9. The van der Waals surface area contributed by atoms with Crippen LogP contribution in [0.3, 0.4) is 0 Å². The molecule has 166 valence electrons. The standard InChI is InChI=1S/C26H25N5O2/c1-17(18-5-3-2-4-6-18)30-25(32)24-28-10-19(11-29-24)21-7-8-23-22(21)9-20(12-27-23)31-13-26(14-31)15-33-16-26/h2-7,9-12,17H,8,13-16H2,1H3,(H,30,32)/t17-/m0/s1. The topological polar surface area (TPSA) is 80.2 Å². The van der Waals surface area contributed by atoms with Crippen molar-refractivity contribution in [2.24, 2.45) is 5.41 Å². The maximum Gasteiger partial charge on any atom is 0.289 e. The maximum absolute atomic E-state index is 12.6. The number of rotatable bonds is 5. The van der Waals surface area contributed by atoms with Gasteiger partial charge < -0.3 is 15.0 Å². The van der Waals surface area contributed by atoms with Crippen LogP contribution in [0.4, 0.5) is 5.69 Å². The van der Waals surface area contributed by atoms with Gasteiger partial charge in [0.2, 0.25) is 5.82 Å². The number of nitrogens with zero attached hydrogens (tertiary/aromatic N) is 4. The number of pyridine rings is 1. The van der Waals surface area contributed by atoms with Crippen LogP contribution in [-0.4, -0.2) is 47.2 Å². The van der Waals surface area contributed by atoms with Gasteiger partial charge in [-0.25, -0.2) is 9.97 Å². The molecule has 0 radical (unpaired) electrons. The highest BCUT2D eigenvalue weighted by molar-refractivity contribution is 5.91. The molecule has 7 heteroatoms. The van der Waals surface area contributed by atoms with Gasteiger partial charge in [0.25, 0.3) is 5.91 Å². The lowest BCUT2D eigenvalue weighted by Gasteiger charge is -2.55. The molecule has 1 amide bonds. The smallest absolute Gasteiger partial charge is 0.289 e. The lowest BCUT2D eigenvalue weighted by molar-refractivity contribution is -0.127. The molecule has 1 N–H and O–H groups in total. The van der Waals surface area contributed by atoms with E-state index in [0.717, 1.165) is 66.4 Å². The van der Waals surface area contributed by atoms with Crippen molar-refractivity contribution in [3.63, 3.8) is 0 Å². The van der Waals surface area contributed by atoms with Gasteiger partial charge in [0.05, 0.1) is 42.2 Å². The number of aromatic nitrogens is 3. The molecule has 2 saturated heterocycles. The van der Waals surface area contributed by atoms with Crippen molar-refractivity contribution < 1.29 is 9.53 Å². The van der Waals surface area contributed by atoms with Gasteiger partial charge in [-0.1, -0.05) is 36.4 Å². The highest BCUT2D eigenvalue weighted by atomic mass is 16.5. The lowest BCUT2D eigenvalue weighted by Crippen LogP contribution is -2.66. The van der Waals surface area contributed by atoms with Crippen LogP contribution in [0.1, 0.15) is 46.0 Å². The van der Waals surface area contributed by atoms with Gasteiger partial charge in [-0.15, -0.1) is 0 Å². The monoisotopic (exact) mass is 439 g/mol. The highest BCUT2D eigenvalue weighted by Gasteiger charge is 2.49. The summed E-state index contributed by atoms with van der Waals surface area (Å²) in [7, 11) is 0. The van der Waals surface area contributed by atoms with Crippen LogP contribution in [-0.2, 0) is 11.2 Å². The third kappa shape index (κ3) is 3.58. The summed E-state index contributed by atoms with van der Waals surface area (Å²) in [4.78, 5) is 28.4. The molecule has 0 saturated carbocycles. The molecular formula is C26H25N5O2. The third-order valence-electron chi connectivity index (χ3n) is 6.79. The van der Waals surface area contributed by atoms with Crippen LogP contribution in [0.25, 0.3) is 5.57 Å². The molecule has 2 fully saturated rings. The van der Waals surface area contributed by atoms with Gasteiger partial charge in [0.15, 0.2) is 0 Å². The number of hydrogen-bond donors (Lipinski definition) is 1. The Morgan fingerprint density at radius 2 is 1.85 bits per heavy atom. The fourth-order valence-corrected chi connectivity index (χ4v) is 4.82. The summed E-state index contributed by atoms with van der Waals surface area (Å²) in [5.41, 5.74) is 6.70. The molecule has 1 aliphatic carbocycles. The van der Waals surface area contributed by atoms with E-state index in [0.29, 0.717) is 5.41 Å². The molecule has 1 spiro atoms. The van der Waals surface area contributed by atoms with Gasteiger partial charge in [0, 0.05) is 43.0 Å². The minimum absolute atomic E-state index is 0.122. The number of benzene rings is 1. The van der Waals surface area contributed by atoms with E-state index in [9.17, 15) is 4.79 Å². The highest BCUT2D eigenvalue weighted by Crippen LogP contribution is 2.41. The summed E-state index contributed by atoms with van der Waals surface area (Å²) >= 11 is 0. The average Bonchev–Trinajstić information content (AvgIpc) is 3.21. The van der Waals surface area contributed by atoms with Crippen LogP contribution in [0.2, 0.25) is 0 Å². The summed E-state index contributed by atoms with van der Waals surface area (Å²) in [6.45, 7) is 5.74. The largest absolute Gasteiger partial charge is 0.380 e. The van der Waals surface area contributed by atoms with Crippen molar-refractivity contribution in [2.75, 3.05) is 31.2 Å². The number of hydrogen-bond acceptors (Lipinski definition) is 6. The van der Waals surface area contributed by atoms with Crippen LogP contribution in [0, 0.1) is 5.41 Å². The SMILES string of the molecule is C[C@H](NC(=O)c1ncc(C2=CCc3ncc(N4CC5(COC5)C4)cc32)cn1)c1ccccc1. The van der Waals surface area contributed by atoms with E-state index in [2.05, 4.69) is 32.3 Å². The summed E-state index contributed by atoms with van der Waals surface area (Å²) < 4.78 is 5.39. The molecule has 3 aromatic rings. The second kappa shape index (κ2) is 7.78. The van der Waals surface area contributed by atoms with Crippen LogP contribution < -0.4 is 10.2 Å². The van der Waals surface area contributed by atoms with E-state index in [-0.39, 0.29) is 17.8 Å². The van der Waals surface area contributed by atoms with E-state index >= 15 is 0 Å². The Hall–Kier alpha value is -3.58. The molecular weight excluding hydrogens is 414 g/mol. The Morgan fingerprint density at radius 3 is 2.55 bits per heavy atom. The summed E-state index contributed by atoms with van der Waals surface area (Å²) in [5.74, 6) is -0.116. The first-order valence-electron chi connectivity index (χ1n) is 11.3. The van der Waals surface area contributed by atoms with Crippen LogP contribution >= 0.6 is 0 Å². The van der Waals surface area contributed by atoms with Crippen molar-refractivity contribution in [3.8, 4) is 0 Å². The fraction of sp³-hybridized carbons (Fsp3) is 0.308. The Morgan fingerprint density at radius 1 is 1.09 bits per heavy atom. The van der Waals surface area contributed by atoms with E-state index in [4.69, 9.17) is 9.72 Å². The molecule has 6 rings (SSSR count). The molecule has 3 aliphatic rings. The molecule has 7 nitrogen and oxygen atoms in total. The molecule has 4 heterocycles. The minimum atomic E-state index is -0.283. The average molecular weight is 440 g/mol. The quantitative estimate of drug-likeness (QED) is 0.658. The fourth-order valence-electron chi connectivity index (χ4n) is 4.82. The third-order valence-corrected chi connectivity index (χ3v) is 6.79. The molecule has 2 aromatic heterocycles. The number of carbonyl (C=O) groups is 1. The number of anilines is 1. The molecule has 0 unspecified atom stereocenters. The van der Waals surface area contributed by atoms with Crippen LogP contribution in [0.15, 0.2) is 61.1 Å². The number of carbonyl (C=O) groups excluding carboxylic acids is 1. The number of amides is 1. The van der Waals surface area contributed by atoms with E-state index < -0.39 is 0 Å². The predicted octanol–water partition coefficient (Wildman–Crippen LogP) is 3.19. The molecule has 33 heavy (non-hydrogen) atoms. The van der Waals surface area contributed by atoms with Gasteiger partial charge in [0.1, 0.15) is 0 Å². The zero-order valence-corrected chi connectivity index (χ0v) is 18.5. The first-order valence-corrected chi connectivity index (χ1v) is 11.3. The molecule has 1 atom stereocenters.